The number of benzene rings is 1. The predicted octanol–water partition coefficient (Wildman–Crippen LogP) is 2.82. The number of nitrogens with one attached hydrogen (secondary N) is 1. The van der Waals surface area contributed by atoms with Crippen LogP contribution >= 0.6 is 11.6 Å². The molecule has 21 heavy (non-hydrogen) atoms. The number of hydrogen-bond donors (Lipinski definition) is 1. The number of hydrogen-bond acceptors (Lipinski definition) is 5. The summed E-state index contributed by atoms with van der Waals surface area (Å²) >= 11 is 5.98. The average molecular weight is 299 g/mol. The van der Waals surface area contributed by atoms with Crippen LogP contribution in [0.4, 0.5) is 5.82 Å². The van der Waals surface area contributed by atoms with Gasteiger partial charge in [-0.2, -0.15) is 24.8 Å². The van der Waals surface area contributed by atoms with Crippen molar-refractivity contribution < 1.29 is 0 Å². The Morgan fingerprint density at radius 3 is 2.81 bits per heavy atom. The Morgan fingerprint density at radius 1 is 1.33 bits per heavy atom. The fourth-order valence-electron chi connectivity index (χ4n) is 2.04. The van der Waals surface area contributed by atoms with Crippen LogP contribution < -0.4 is 5.32 Å². The molecule has 0 spiro atoms. The van der Waals surface area contributed by atoms with E-state index in [1.807, 2.05) is 19.1 Å². The van der Waals surface area contributed by atoms with Crippen LogP contribution in [0, 0.1) is 11.3 Å². The molecule has 0 aliphatic carbocycles. The van der Waals surface area contributed by atoms with Gasteiger partial charge in [0.25, 0.3) is 5.78 Å². The highest BCUT2D eigenvalue weighted by molar-refractivity contribution is 6.29. The first-order valence-electron chi connectivity index (χ1n) is 6.30. The van der Waals surface area contributed by atoms with E-state index in [2.05, 4.69) is 26.5 Å². The van der Waals surface area contributed by atoms with Crippen molar-refractivity contribution in [1.29, 1.82) is 5.26 Å². The third-order valence-corrected chi connectivity index (χ3v) is 3.32. The molecule has 3 rings (SSSR count). The van der Waals surface area contributed by atoms with Crippen molar-refractivity contribution in [3.63, 3.8) is 0 Å². The highest BCUT2D eigenvalue weighted by atomic mass is 35.5. The van der Waals surface area contributed by atoms with Crippen LogP contribution in [-0.4, -0.2) is 19.6 Å². The Labute approximate surface area is 126 Å². The molecule has 0 aliphatic rings. The van der Waals surface area contributed by atoms with E-state index >= 15 is 0 Å². The molecule has 6 nitrogen and oxygen atoms in total. The van der Waals surface area contributed by atoms with Crippen LogP contribution in [0.25, 0.3) is 5.78 Å². The van der Waals surface area contributed by atoms with Crippen LogP contribution in [0.1, 0.15) is 24.1 Å². The zero-order valence-electron chi connectivity index (χ0n) is 11.2. The molecule has 104 valence electrons. The van der Waals surface area contributed by atoms with Crippen molar-refractivity contribution in [3.05, 3.63) is 52.9 Å². The van der Waals surface area contributed by atoms with Gasteiger partial charge in [-0.15, -0.1) is 0 Å². The predicted molar refractivity (Wildman–Crippen MR) is 79.0 cm³/mol. The number of nitrogens with zero attached hydrogens (tertiary/aromatic N) is 5. The first kappa shape index (κ1) is 13.3. The smallest absolute Gasteiger partial charge is 0.255 e. The van der Waals surface area contributed by atoms with Gasteiger partial charge < -0.3 is 5.32 Å². The normalized spacial score (nSPS) is 12.0. The Hall–Kier alpha value is -2.65. The maximum Gasteiger partial charge on any atom is 0.255 e. The summed E-state index contributed by atoms with van der Waals surface area (Å²) in [5, 5.41) is 16.6. The molecule has 3 aromatic rings. The van der Waals surface area contributed by atoms with Gasteiger partial charge >= 0.3 is 0 Å². The highest BCUT2D eigenvalue weighted by Gasteiger charge is 2.10. The number of anilines is 1. The SMILES string of the molecule is CC(Nc1cc(Cl)nc2ncnn12)c1ccc(C#N)cc1. The number of aromatic nitrogens is 4. The van der Waals surface area contributed by atoms with E-state index in [1.54, 1.807) is 22.7 Å². The van der Waals surface area contributed by atoms with Gasteiger partial charge in [-0.3, -0.25) is 0 Å². The molecule has 0 amide bonds. The molecular formula is C14H11ClN6. The Bertz CT molecular complexity index is 818. The minimum atomic E-state index is 0.0172. The minimum Gasteiger partial charge on any atom is -0.363 e. The maximum absolute atomic E-state index is 8.82. The van der Waals surface area contributed by atoms with Gasteiger partial charge in [0, 0.05) is 12.1 Å². The van der Waals surface area contributed by atoms with Gasteiger partial charge in [-0.05, 0) is 24.6 Å². The van der Waals surface area contributed by atoms with Crippen LogP contribution in [0.3, 0.4) is 0 Å². The zero-order valence-corrected chi connectivity index (χ0v) is 11.9. The van der Waals surface area contributed by atoms with Crippen LogP contribution in [0.5, 0.6) is 0 Å². The van der Waals surface area contributed by atoms with Crippen LogP contribution in [0.15, 0.2) is 36.7 Å². The van der Waals surface area contributed by atoms with E-state index in [1.165, 1.54) is 6.33 Å². The fourth-order valence-corrected chi connectivity index (χ4v) is 2.22. The molecule has 0 radical (unpaired) electrons. The summed E-state index contributed by atoms with van der Waals surface area (Å²) in [6, 6.07) is 11.2. The zero-order chi connectivity index (χ0) is 14.8. The second-order valence-corrected chi connectivity index (χ2v) is 4.92. The van der Waals surface area contributed by atoms with Crippen LogP contribution in [-0.2, 0) is 0 Å². The van der Waals surface area contributed by atoms with E-state index in [9.17, 15) is 0 Å². The van der Waals surface area contributed by atoms with E-state index in [-0.39, 0.29) is 6.04 Å². The molecule has 7 heteroatoms. The van der Waals surface area contributed by atoms with Gasteiger partial charge in [0.2, 0.25) is 0 Å². The largest absolute Gasteiger partial charge is 0.363 e. The molecular weight excluding hydrogens is 288 g/mol. The van der Waals surface area contributed by atoms with Crippen molar-refractivity contribution in [1.82, 2.24) is 19.6 Å². The molecule has 0 saturated heterocycles. The molecule has 0 bridgehead atoms. The summed E-state index contributed by atoms with van der Waals surface area (Å²) < 4.78 is 1.59. The van der Waals surface area contributed by atoms with Crippen molar-refractivity contribution in [2.75, 3.05) is 5.32 Å². The first-order valence-corrected chi connectivity index (χ1v) is 6.68. The van der Waals surface area contributed by atoms with E-state index in [0.29, 0.717) is 22.3 Å². The second kappa shape index (κ2) is 5.38. The Kier molecular flexibility index (Phi) is 3.42. The lowest BCUT2D eigenvalue weighted by Crippen LogP contribution is -2.11. The van der Waals surface area contributed by atoms with Crippen LogP contribution in [0.2, 0.25) is 5.15 Å². The van der Waals surface area contributed by atoms with E-state index < -0.39 is 0 Å². The fraction of sp³-hybridized carbons (Fsp3) is 0.143. The summed E-state index contributed by atoms with van der Waals surface area (Å²) in [6.07, 6.45) is 1.43. The van der Waals surface area contributed by atoms with Gasteiger partial charge in [-0.25, -0.2) is 0 Å². The van der Waals surface area contributed by atoms with Gasteiger partial charge in [0.05, 0.1) is 11.6 Å². The topological polar surface area (TPSA) is 78.9 Å². The van der Waals surface area contributed by atoms with E-state index in [4.69, 9.17) is 16.9 Å². The molecule has 0 saturated carbocycles. The third-order valence-electron chi connectivity index (χ3n) is 3.12. The molecule has 1 atom stereocenters. The third kappa shape index (κ3) is 2.64. The minimum absolute atomic E-state index is 0.0172. The van der Waals surface area contributed by atoms with E-state index in [0.717, 1.165) is 5.56 Å². The molecule has 1 unspecified atom stereocenters. The lowest BCUT2D eigenvalue weighted by Gasteiger charge is -2.16. The number of rotatable bonds is 3. The van der Waals surface area contributed by atoms with Crippen molar-refractivity contribution >= 4 is 23.2 Å². The highest BCUT2D eigenvalue weighted by Crippen LogP contribution is 2.21. The number of halogens is 1. The second-order valence-electron chi connectivity index (χ2n) is 4.54. The van der Waals surface area contributed by atoms with Gasteiger partial charge in [-0.1, -0.05) is 23.7 Å². The molecule has 0 fully saturated rings. The Morgan fingerprint density at radius 2 is 2.10 bits per heavy atom. The summed E-state index contributed by atoms with van der Waals surface area (Å²) in [4.78, 5) is 8.10. The monoisotopic (exact) mass is 298 g/mol. The number of nitriles is 1. The molecule has 1 N–H and O–H groups in total. The summed E-state index contributed by atoms with van der Waals surface area (Å²) in [7, 11) is 0. The Balaban J connectivity index is 1.90. The summed E-state index contributed by atoms with van der Waals surface area (Å²) in [5.41, 5.74) is 1.69. The molecule has 2 heterocycles. The lowest BCUT2D eigenvalue weighted by atomic mass is 10.1. The van der Waals surface area contributed by atoms with Crippen molar-refractivity contribution in [3.8, 4) is 6.07 Å². The lowest BCUT2D eigenvalue weighted by molar-refractivity contribution is 0.840. The number of fused-ring (bicyclic) bond motifs is 1. The molecule has 0 aliphatic heterocycles. The standard InChI is InChI=1S/C14H11ClN6/c1-9(11-4-2-10(7-16)3-5-11)19-13-6-12(15)20-14-17-8-18-21(13)14/h2-6,8-9,19H,1H3. The molecule has 2 aromatic heterocycles. The average Bonchev–Trinajstić information content (AvgIpc) is 2.95. The van der Waals surface area contributed by atoms with Crippen molar-refractivity contribution in [2.45, 2.75) is 13.0 Å². The summed E-state index contributed by atoms with van der Waals surface area (Å²) in [6.45, 7) is 2.01. The first-order chi connectivity index (χ1) is 10.2. The summed E-state index contributed by atoms with van der Waals surface area (Å²) in [5.74, 6) is 1.15. The van der Waals surface area contributed by atoms with Gasteiger partial charge in [0.15, 0.2) is 0 Å². The maximum atomic E-state index is 8.82. The quantitative estimate of drug-likeness (QED) is 0.752. The van der Waals surface area contributed by atoms with Gasteiger partial charge in [0.1, 0.15) is 17.3 Å². The molecule has 1 aromatic carbocycles. The van der Waals surface area contributed by atoms with Crippen molar-refractivity contribution in [2.24, 2.45) is 0 Å².